The molecule has 3 aromatic rings. The highest BCUT2D eigenvalue weighted by atomic mass is 16.5. The summed E-state index contributed by atoms with van der Waals surface area (Å²) in [6, 6.07) is 16.0. The summed E-state index contributed by atoms with van der Waals surface area (Å²) in [7, 11) is 0. The summed E-state index contributed by atoms with van der Waals surface area (Å²) in [6.45, 7) is 6.67. The van der Waals surface area contributed by atoms with Gasteiger partial charge < -0.3 is 19.7 Å². The van der Waals surface area contributed by atoms with Gasteiger partial charge in [0, 0.05) is 35.6 Å². The van der Waals surface area contributed by atoms with Gasteiger partial charge in [0.2, 0.25) is 5.91 Å². The lowest BCUT2D eigenvalue weighted by Gasteiger charge is -2.15. The first-order valence-corrected chi connectivity index (χ1v) is 11.9. The molecule has 0 aliphatic rings. The van der Waals surface area contributed by atoms with E-state index in [4.69, 9.17) is 9.84 Å². The monoisotopic (exact) mass is 462 g/mol. The van der Waals surface area contributed by atoms with Crippen molar-refractivity contribution in [2.45, 2.75) is 58.9 Å². The van der Waals surface area contributed by atoms with E-state index in [9.17, 15) is 9.59 Å². The Balaban J connectivity index is 1.68. The molecule has 6 heteroatoms. The number of aliphatic carboxylic acids is 1. The maximum absolute atomic E-state index is 12.7. The molecular formula is C28H34N2O4. The van der Waals surface area contributed by atoms with Gasteiger partial charge in [-0.05, 0) is 68.2 Å². The Labute approximate surface area is 201 Å². The summed E-state index contributed by atoms with van der Waals surface area (Å²) in [4.78, 5) is 23.4. The van der Waals surface area contributed by atoms with Crippen LogP contribution in [-0.2, 0) is 9.59 Å². The van der Waals surface area contributed by atoms with Crippen LogP contribution in [-0.4, -0.2) is 28.2 Å². The van der Waals surface area contributed by atoms with Gasteiger partial charge in [0.05, 0.1) is 12.3 Å². The van der Waals surface area contributed by atoms with Crippen molar-refractivity contribution in [1.82, 2.24) is 4.57 Å². The molecule has 1 aromatic heterocycles. The highest BCUT2D eigenvalue weighted by Crippen LogP contribution is 2.27. The van der Waals surface area contributed by atoms with Crippen LogP contribution < -0.4 is 10.1 Å². The molecule has 2 aromatic carbocycles. The number of allylic oxidation sites excluding steroid dienone is 1. The first-order chi connectivity index (χ1) is 16.4. The molecule has 0 aliphatic carbocycles. The van der Waals surface area contributed by atoms with E-state index in [1.165, 1.54) is 18.4 Å². The number of hydrogen-bond donors (Lipinski definition) is 2. The second kappa shape index (κ2) is 12.1. The van der Waals surface area contributed by atoms with Crippen LogP contribution in [0, 0.1) is 0 Å². The fourth-order valence-electron chi connectivity index (χ4n) is 3.98. The van der Waals surface area contributed by atoms with E-state index < -0.39 is 5.97 Å². The Kier molecular flexibility index (Phi) is 8.91. The summed E-state index contributed by atoms with van der Waals surface area (Å²) in [5.41, 5.74) is 3.63. The van der Waals surface area contributed by atoms with Gasteiger partial charge in [-0.15, -0.1) is 0 Å². The lowest BCUT2D eigenvalue weighted by molar-refractivity contribution is -0.137. The minimum Gasteiger partial charge on any atom is -0.491 e. The Bertz CT molecular complexity index is 1160. The fraction of sp³-hybridized carbons (Fsp3) is 0.357. The number of ether oxygens (including phenoxy) is 1. The summed E-state index contributed by atoms with van der Waals surface area (Å²) in [5, 5.41) is 12.8. The van der Waals surface area contributed by atoms with Crippen LogP contribution in [0.2, 0.25) is 0 Å². The molecule has 1 heterocycles. The van der Waals surface area contributed by atoms with E-state index in [-0.39, 0.29) is 18.9 Å². The number of benzene rings is 2. The smallest absolute Gasteiger partial charge is 0.303 e. The number of hydrogen-bond acceptors (Lipinski definition) is 3. The van der Waals surface area contributed by atoms with Crippen molar-refractivity contribution in [3.05, 3.63) is 66.4 Å². The van der Waals surface area contributed by atoms with Crippen LogP contribution >= 0.6 is 0 Å². The van der Waals surface area contributed by atoms with Crippen LogP contribution in [0.3, 0.4) is 0 Å². The van der Waals surface area contributed by atoms with E-state index in [0.717, 1.165) is 22.9 Å². The number of amides is 1. The number of aromatic nitrogens is 1. The SMILES string of the molecule is CCCCC(C)n1ccc2cc(/C(C)=C/C(=O)Nc3ccccc3OCCCC(=O)O)ccc21. The van der Waals surface area contributed by atoms with Crippen molar-refractivity contribution < 1.29 is 19.4 Å². The predicted molar refractivity (Wildman–Crippen MR) is 137 cm³/mol. The molecule has 1 unspecified atom stereocenters. The standard InChI is InChI=1S/C28H34N2O4/c1-4-5-9-21(3)30-16-15-23-19-22(13-14-25(23)30)20(2)18-27(31)29-24-10-6-7-11-26(24)34-17-8-12-28(32)33/h6-7,10-11,13-16,18-19,21H,4-5,8-9,12,17H2,1-3H3,(H,29,31)(H,32,33)/b20-18+. The van der Waals surface area contributed by atoms with Gasteiger partial charge in [-0.3, -0.25) is 9.59 Å². The Morgan fingerprint density at radius 3 is 2.71 bits per heavy atom. The zero-order chi connectivity index (χ0) is 24.5. The minimum absolute atomic E-state index is 0.0435. The molecule has 0 saturated heterocycles. The Morgan fingerprint density at radius 1 is 1.15 bits per heavy atom. The second-order valence-corrected chi connectivity index (χ2v) is 8.65. The van der Waals surface area contributed by atoms with Gasteiger partial charge in [-0.1, -0.05) is 38.0 Å². The van der Waals surface area contributed by atoms with Crippen molar-refractivity contribution in [2.24, 2.45) is 0 Å². The highest BCUT2D eigenvalue weighted by Gasteiger charge is 2.11. The lowest BCUT2D eigenvalue weighted by Crippen LogP contribution is -2.11. The number of fused-ring (bicyclic) bond motifs is 1. The maximum Gasteiger partial charge on any atom is 0.303 e. The third-order valence-electron chi connectivity index (χ3n) is 5.91. The van der Waals surface area contributed by atoms with Crippen molar-refractivity contribution >= 4 is 34.0 Å². The van der Waals surface area contributed by atoms with E-state index in [0.29, 0.717) is 23.9 Å². The number of nitrogens with one attached hydrogen (secondary N) is 1. The number of nitrogens with zero attached hydrogens (tertiary/aromatic N) is 1. The van der Waals surface area contributed by atoms with Gasteiger partial charge >= 0.3 is 5.97 Å². The van der Waals surface area contributed by atoms with Crippen LogP contribution in [0.5, 0.6) is 5.75 Å². The van der Waals surface area contributed by atoms with Gasteiger partial charge in [-0.2, -0.15) is 0 Å². The molecule has 6 nitrogen and oxygen atoms in total. The van der Waals surface area contributed by atoms with Crippen LogP contribution in [0.15, 0.2) is 60.8 Å². The molecule has 0 aliphatic heterocycles. The van der Waals surface area contributed by atoms with Crippen LogP contribution in [0.1, 0.15) is 64.5 Å². The van der Waals surface area contributed by atoms with Crippen molar-refractivity contribution in [1.29, 1.82) is 0 Å². The first-order valence-electron chi connectivity index (χ1n) is 11.9. The van der Waals surface area contributed by atoms with Gasteiger partial charge in [0.25, 0.3) is 0 Å². The number of anilines is 1. The molecular weight excluding hydrogens is 428 g/mol. The first kappa shape index (κ1) is 25.1. The van der Waals surface area contributed by atoms with Crippen molar-refractivity contribution in [3.8, 4) is 5.75 Å². The van der Waals surface area contributed by atoms with E-state index >= 15 is 0 Å². The molecule has 3 rings (SSSR count). The zero-order valence-electron chi connectivity index (χ0n) is 20.2. The maximum atomic E-state index is 12.7. The predicted octanol–water partition coefficient (Wildman–Crippen LogP) is 6.68. The number of carbonyl (C=O) groups excluding carboxylic acids is 1. The average molecular weight is 463 g/mol. The summed E-state index contributed by atoms with van der Waals surface area (Å²) < 4.78 is 8.00. The number of para-hydroxylation sites is 2. The molecule has 0 saturated carbocycles. The van der Waals surface area contributed by atoms with Gasteiger partial charge in [0.15, 0.2) is 0 Å². The van der Waals surface area contributed by atoms with Gasteiger partial charge in [0.1, 0.15) is 5.75 Å². The van der Waals surface area contributed by atoms with E-state index in [2.05, 4.69) is 54.2 Å². The number of carbonyl (C=O) groups is 2. The van der Waals surface area contributed by atoms with Crippen molar-refractivity contribution in [3.63, 3.8) is 0 Å². The van der Waals surface area contributed by atoms with Crippen LogP contribution in [0.4, 0.5) is 5.69 Å². The highest BCUT2D eigenvalue weighted by molar-refractivity contribution is 6.04. The largest absolute Gasteiger partial charge is 0.491 e. The number of rotatable bonds is 12. The van der Waals surface area contributed by atoms with Crippen molar-refractivity contribution in [2.75, 3.05) is 11.9 Å². The lowest BCUT2D eigenvalue weighted by atomic mass is 10.0. The summed E-state index contributed by atoms with van der Waals surface area (Å²) in [6.07, 6.45) is 7.75. The Morgan fingerprint density at radius 2 is 1.94 bits per heavy atom. The molecule has 34 heavy (non-hydrogen) atoms. The second-order valence-electron chi connectivity index (χ2n) is 8.65. The molecule has 0 spiro atoms. The number of carboxylic acids is 1. The molecule has 2 N–H and O–H groups in total. The summed E-state index contributed by atoms with van der Waals surface area (Å²) in [5.74, 6) is -0.580. The molecule has 0 bridgehead atoms. The quantitative estimate of drug-likeness (QED) is 0.232. The third-order valence-corrected chi connectivity index (χ3v) is 5.91. The molecule has 180 valence electrons. The topological polar surface area (TPSA) is 80.6 Å². The molecule has 1 amide bonds. The van der Waals surface area contributed by atoms with E-state index in [1.54, 1.807) is 18.2 Å². The molecule has 0 fully saturated rings. The number of carboxylic acid groups (broad SMARTS) is 1. The minimum atomic E-state index is -0.855. The normalized spacial score (nSPS) is 12.5. The van der Waals surface area contributed by atoms with E-state index in [1.807, 2.05) is 19.1 Å². The van der Waals surface area contributed by atoms with Gasteiger partial charge in [-0.25, -0.2) is 0 Å². The summed E-state index contributed by atoms with van der Waals surface area (Å²) >= 11 is 0. The zero-order valence-corrected chi connectivity index (χ0v) is 20.2. The van der Waals surface area contributed by atoms with Crippen LogP contribution in [0.25, 0.3) is 16.5 Å². The average Bonchev–Trinajstić information content (AvgIpc) is 3.24. The number of unbranched alkanes of at least 4 members (excludes halogenated alkanes) is 1. The fourth-order valence-corrected chi connectivity index (χ4v) is 3.98. The Hall–Kier alpha value is -3.54. The third kappa shape index (κ3) is 6.73. The molecule has 0 radical (unpaired) electrons. The molecule has 1 atom stereocenters.